The minimum atomic E-state index is 0.132. The number of nitrogens with two attached hydrogens (primary N) is 1. The predicted octanol–water partition coefficient (Wildman–Crippen LogP) is 2.86. The smallest absolute Gasteiger partial charge is 0.223 e. The van der Waals surface area contributed by atoms with Crippen LogP contribution in [0.25, 0.3) is 0 Å². The third-order valence-corrected chi connectivity index (χ3v) is 5.04. The lowest BCUT2D eigenvalue weighted by Crippen LogP contribution is -2.44. The lowest BCUT2D eigenvalue weighted by molar-refractivity contribution is -0.133. The van der Waals surface area contributed by atoms with Crippen LogP contribution in [0.3, 0.4) is 0 Å². The Balaban J connectivity index is 1.86. The van der Waals surface area contributed by atoms with Gasteiger partial charge in [-0.3, -0.25) is 4.79 Å². The Morgan fingerprint density at radius 1 is 1.10 bits per heavy atom. The summed E-state index contributed by atoms with van der Waals surface area (Å²) >= 11 is 0. The first kappa shape index (κ1) is 16.1. The summed E-state index contributed by atoms with van der Waals surface area (Å²) in [7, 11) is 0. The first-order valence-corrected chi connectivity index (χ1v) is 8.46. The van der Waals surface area contributed by atoms with Crippen molar-refractivity contribution in [1.29, 1.82) is 0 Å². The summed E-state index contributed by atoms with van der Waals surface area (Å²) in [6.07, 6.45) is 12.6. The van der Waals surface area contributed by atoms with Crippen LogP contribution in [0.2, 0.25) is 0 Å². The van der Waals surface area contributed by atoms with E-state index in [9.17, 15) is 4.79 Å². The molecular formula is C16H29N3O2. The molecule has 0 aliphatic heterocycles. The third kappa shape index (κ3) is 4.90. The number of nitrogens with zero attached hydrogens (tertiary/aromatic N) is 2. The van der Waals surface area contributed by atoms with E-state index in [1.165, 1.54) is 44.9 Å². The fraction of sp³-hybridized carbons (Fsp3) is 0.875. The molecule has 2 aliphatic carbocycles. The Kier molecular flexibility index (Phi) is 6.33. The fourth-order valence-corrected chi connectivity index (χ4v) is 3.79. The van der Waals surface area contributed by atoms with E-state index >= 15 is 0 Å². The van der Waals surface area contributed by atoms with Gasteiger partial charge >= 0.3 is 0 Å². The zero-order valence-corrected chi connectivity index (χ0v) is 13.0. The highest BCUT2D eigenvalue weighted by Gasteiger charge is 2.27. The van der Waals surface area contributed by atoms with Crippen LogP contribution in [0.15, 0.2) is 5.16 Å². The van der Waals surface area contributed by atoms with Crippen LogP contribution in [0, 0.1) is 5.92 Å². The van der Waals surface area contributed by atoms with E-state index in [4.69, 9.17) is 10.9 Å². The number of oxime groups is 1. The van der Waals surface area contributed by atoms with E-state index in [0.29, 0.717) is 6.42 Å². The molecule has 0 atom stereocenters. The Morgan fingerprint density at radius 3 is 2.33 bits per heavy atom. The Morgan fingerprint density at radius 2 is 1.71 bits per heavy atom. The van der Waals surface area contributed by atoms with Gasteiger partial charge in [0.15, 0.2) is 5.84 Å². The summed E-state index contributed by atoms with van der Waals surface area (Å²) in [6, 6.07) is 0.282. The van der Waals surface area contributed by atoms with E-state index in [2.05, 4.69) is 5.16 Å². The van der Waals surface area contributed by atoms with Crippen molar-refractivity contribution in [2.24, 2.45) is 16.8 Å². The highest BCUT2D eigenvalue weighted by atomic mass is 16.4. The van der Waals surface area contributed by atoms with Crippen molar-refractivity contribution in [1.82, 2.24) is 4.90 Å². The van der Waals surface area contributed by atoms with Gasteiger partial charge in [0.2, 0.25) is 5.91 Å². The van der Waals surface area contributed by atoms with Crippen molar-refractivity contribution in [3.63, 3.8) is 0 Å². The minimum absolute atomic E-state index is 0.132. The topological polar surface area (TPSA) is 78.9 Å². The largest absolute Gasteiger partial charge is 0.409 e. The molecule has 3 N–H and O–H groups in total. The zero-order chi connectivity index (χ0) is 15.1. The molecule has 0 saturated heterocycles. The Labute approximate surface area is 127 Å². The number of hydrogen-bond donors (Lipinski definition) is 2. The van der Waals surface area contributed by atoms with Gasteiger partial charge in [-0.15, -0.1) is 0 Å². The normalized spacial score (nSPS) is 21.6. The number of carbonyl (C=O) groups is 1. The average Bonchev–Trinajstić information content (AvgIpc) is 3.05. The van der Waals surface area contributed by atoms with Gasteiger partial charge in [-0.05, 0) is 25.2 Å². The number of carbonyl (C=O) groups excluding carboxylic acids is 1. The van der Waals surface area contributed by atoms with Crippen molar-refractivity contribution >= 4 is 11.7 Å². The highest BCUT2D eigenvalue weighted by Crippen LogP contribution is 2.29. The van der Waals surface area contributed by atoms with Crippen LogP contribution in [0.5, 0.6) is 0 Å². The van der Waals surface area contributed by atoms with Crippen molar-refractivity contribution in [3.8, 4) is 0 Å². The molecule has 0 aromatic rings. The molecule has 5 nitrogen and oxygen atoms in total. The van der Waals surface area contributed by atoms with Gasteiger partial charge < -0.3 is 15.8 Å². The van der Waals surface area contributed by atoms with Gasteiger partial charge in [0.1, 0.15) is 0 Å². The number of hydrogen-bond acceptors (Lipinski definition) is 3. The number of rotatable bonds is 6. The molecule has 0 heterocycles. The lowest BCUT2D eigenvalue weighted by atomic mass is 9.86. The average molecular weight is 295 g/mol. The molecule has 0 bridgehead atoms. The first-order valence-electron chi connectivity index (χ1n) is 8.46. The van der Waals surface area contributed by atoms with Crippen molar-refractivity contribution in [3.05, 3.63) is 0 Å². The Hall–Kier alpha value is -1.26. The van der Waals surface area contributed by atoms with E-state index in [0.717, 1.165) is 25.2 Å². The van der Waals surface area contributed by atoms with Crippen LogP contribution < -0.4 is 5.73 Å². The zero-order valence-electron chi connectivity index (χ0n) is 13.0. The van der Waals surface area contributed by atoms with Crippen molar-refractivity contribution in [2.75, 3.05) is 6.54 Å². The fourth-order valence-electron chi connectivity index (χ4n) is 3.79. The molecule has 2 fully saturated rings. The standard InChI is InChI=1S/C16H29N3O2/c17-15(18-21)12-19(14-8-4-5-9-14)16(20)11-10-13-6-2-1-3-7-13/h13-14,21H,1-12H2,(H2,17,18). The quantitative estimate of drug-likeness (QED) is 0.342. The summed E-state index contributed by atoms with van der Waals surface area (Å²) in [5.41, 5.74) is 5.62. The van der Waals surface area contributed by atoms with Crippen LogP contribution in [0.1, 0.15) is 70.6 Å². The van der Waals surface area contributed by atoms with Crippen LogP contribution in [-0.4, -0.2) is 34.4 Å². The second kappa shape index (κ2) is 8.25. The molecule has 0 aromatic heterocycles. The van der Waals surface area contributed by atoms with E-state index in [1.54, 1.807) is 0 Å². The summed E-state index contributed by atoms with van der Waals surface area (Å²) < 4.78 is 0. The number of amides is 1. The molecule has 21 heavy (non-hydrogen) atoms. The molecule has 120 valence electrons. The van der Waals surface area contributed by atoms with Crippen molar-refractivity contribution < 1.29 is 10.0 Å². The molecule has 2 rings (SSSR count). The first-order chi connectivity index (χ1) is 10.2. The van der Waals surface area contributed by atoms with Gasteiger partial charge in [-0.1, -0.05) is 50.1 Å². The van der Waals surface area contributed by atoms with Gasteiger partial charge in [0.05, 0.1) is 6.54 Å². The summed E-state index contributed by atoms with van der Waals surface area (Å²) in [4.78, 5) is 14.4. The van der Waals surface area contributed by atoms with Gasteiger partial charge in [0, 0.05) is 12.5 Å². The monoisotopic (exact) mass is 295 g/mol. The summed E-state index contributed by atoms with van der Waals surface area (Å²) in [6.45, 7) is 0.269. The maximum absolute atomic E-state index is 12.6. The third-order valence-electron chi connectivity index (χ3n) is 5.04. The molecule has 5 heteroatoms. The summed E-state index contributed by atoms with van der Waals surface area (Å²) in [5, 5.41) is 11.8. The second-order valence-electron chi connectivity index (χ2n) is 6.59. The molecule has 2 saturated carbocycles. The van der Waals surface area contributed by atoms with Crippen LogP contribution >= 0.6 is 0 Å². The van der Waals surface area contributed by atoms with E-state index in [-0.39, 0.29) is 24.3 Å². The maximum atomic E-state index is 12.6. The number of amidine groups is 1. The molecule has 0 unspecified atom stereocenters. The van der Waals surface area contributed by atoms with Gasteiger partial charge in [-0.2, -0.15) is 0 Å². The van der Waals surface area contributed by atoms with E-state index in [1.807, 2.05) is 4.90 Å². The minimum Gasteiger partial charge on any atom is -0.409 e. The van der Waals surface area contributed by atoms with Gasteiger partial charge in [-0.25, -0.2) is 0 Å². The SMILES string of the molecule is NC(CN(C(=O)CCC1CCCCC1)C1CCCC1)=NO. The van der Waals surface area contributed by atoms with Crippen molar-refractivity contribution in [2.45, 2.75) is 76.7 Å². The summed E-state index contributed by atoms with van der Waals surface area (Å²) in [5.74, 6) is 1.03. The van der Waals surface area contributed by atoms with E-state index < -0.39 is 0 Å². The van der Waals surface area contributed by atoms with Gasteiger partial charge in [0.25, 0.3) is 0 Å². The van der Waals surface area contributed by atoms with Crippen LogP contribution in [-0.2, 0) is 4.79 Å². The predicted molar refractivity (Wildman–Crippen MR) is 83.2 cm³/mol. The molecular weight excluding hydrogens is 266 g/mol. The molecule has 1 amide bonds. The molecule has 0 aromatic carbocycles. The molecule has 0 radical (unpaired) electrons. The lowest BCUT2D eigenvalue weighted by Gasteiger charge is -2.29. The van der Waals surface area contributed by atoms with Crippen LogP contribution in [0.4, 0.5) is 0 Å². The Bertz CT molecular complexity index is 359. The molecule has 0 spiro atoms. The highest BCUT2D eigenvalue weighted by molar-refractivity contribution is 5.87. The molecule has 2 aliphatic rings. The second-order valence-corrected chi connectivity index (χ2v) is 6.59. The maximum Gasteiger partial charge on any atom is 0.223 e.